The molecule has 0 spiro atoms. The maximum absolute atomic E-state index is 13.5. The number of allylic oxidation sites excluding steroid dienone is 4. The Morgan fingerprint density at radius 2 is 1.17 bits per heavy atom. The molecule has 30 atom stereocenters. The minimum Gasteiger partial charge on any atom is -0.479 e. The first-order chi connectivity index (χ1) is 43.0. The molecule has 4 saturated heterocycles. The molecule has 4 heterocycles. The molecule has 10 unspecified atom stereocenters. The topological polar surface area (TPSA) is 403 Å². The van der Waals surface area contributed by atoms with Gasteiger partial charge in [-0.25, -0.2) is 14.4 Å². The van der Waals surface area contributed by atoms with E-state index in [4.69, 9.17) is 47.4 Å². The number of ether oxygens (including phenoxy) is 10. The molecule has 4 saturated carbocycles. The van der Waals surface area contributed by atoms with E-state index in [-0.39, 0.29) is 30.3 Å². The molecular formula is C66H102O26. The number of fused-ring (bicyclic) bond motifs is 7. The highest BCUT2D eigenvalue weighted by Crippen LogP contribution is 2.76. The van der Waals surface area contributed by atoms with Crippen LogP contribution in [-0.2, 0) is 66.5 Å². The third-order valence-corrected chi connectivity index (χ3v) is 24.3. The minimum atomic E-state index is -2.13. The molecule has 0 amide bonds. The van der Waals surface area contributed by atoms with Crippen molar-refractivity contribution >= 4 is 23.9 Å². The normalized spacial score (nSPS) is 48.4. The predicted molar refractivity (Wildman–Crippen MR) is 319 cm³/mol. The molecule has 9 aliphatic rings. The van der Waals surface area contributed by atoms with Crippen LogP contribution in [0, 0.1) is 56.2 Å². The van der Waals surface area contributed by atoms with Gasteiger partial charge in [-0.05, 0) is 131 Å². The summed E-state index contributed by atoms with van der Waals surface area (Å²) in [5.74, 6) is -5.02. The fourth-order valence-electron chi connectivity index (χ4n) is 18.6. The predicted octanol–water partition coefficient (Wildman–Crippen LogP) is 1.38. The fraction of sp³-hybridized carbons (Fsp3) is 0.848. The van der Waals surface area contributed by atoms with Crippen molar-refractivity contribution in [1.29, 1.82) is 0 Å². The number of aliphatic hydroxyl groups excluding tert-OH is 11. The molecule has 26 heteroatoms. The van der Waals surface area contributed by atoms with Crippen molar-refractivity contribution in [2.24, 2.45) is 56.2 Å². The molecule has 0 aromatic rings. The van der Waals surface area contributed by atoms with Crippen LogP contribution in [0.4, 0.5) is 0 Å². The summed E-state index contributed by atoms with van der Waals surface area (Å²) in [5.41, 5.74) is -2.97. The Hall–Kier alpha value is -3.62. The first-order valence-corrected chi connectivity index (χ1v) is 32.6. The highest BCUT2D eigenvalue weighted by Gasteiger charge is 2.74. The van der Waals surface area contributed by atoms with Crippen molar-refractivity contribution in [3.8, 4) is 0 Å². The highest BCUT2D eigenvalue weighted by molar-refractivity contribution is 5.88. The van der Waals surface area contributed by atoms with E-state index in [9.17, 15) is 80.5 Å². The summed E-state index contributed by atoms with van der Waals surface area (Å²) in [5, 5.41) is 134. The largest absolute Gasteiger partial charge is 0.479 e. The van der Waals surface area contributed by atoms with Gasteiger partial charge in [0, 0.05) is 24.0 Å². The van der Waals surface area contributed by atoms with Gasteiger partial charge in [0.1, 0.15) is 73.2 Å². The SMILES string of the molecule is C/C=C(/C)C(=O)O[C@@H]1C(O)[C@H](C[C@H]2[C@H](OC(C)=O)[C@@]3(CO)C(CC2(C)C)C2=CCC4[C@@]5(C)CC[C@H](O[C@@H]6OC(C(=O)O)[C@@H](O)[C@@H](O[C@@H]7O[C@@H](CO)[C@@H](O)C7O)C6O[C@@H]6OC(CO)[C@H](O)[C@@H](O)C6O)C(C)(C)C5CC[C@@]4(C)[C@]2(C)C[C@H]3O)OC(C)[C@@H]1OC(=O)/C(C)=C\C. The number of aliphatic hydroxyl groups is 11. The number of hydrogen-bond donors (Lipinski definition) is 12. The molecule has 0 radical (unpaired) electrons. The van der Waals surface area contributed by atoms with Crippen LogP contribution in [0.2, 0.25) is 0 Å². The number of rotatable bonds is 17. The first kappa shape index (κ1) is 72.6. The summed E-state index contributed by atoms with van der Waals surface area (Å²) >= 11 is 0. The summed E-state index contributed by atoms with van der Waals surface area (Å²) < 4.78 is 61.5. The van der Waals surface area contributed by atoms with Gasteiger partial charge in [0.15, 0.2) is 37.2 Å². The van der Waals surface area contributed by atoms with E-state index in [0.29, 0.717) is 44.1 Å². The third kappa shape index (κ3) is 12.2. The Morgan fingerprint density at radius 3 is 1.73 bits per heavy atom. The second kappa shape index (κ2) is 27.0. The Balaban J connectivity index is 1.01. The van der Waals surface area contributed by atoms with Gasteiger partial charge in [-0.15, -0.1) is 0 Å². The van der Waals surface area contributed by atoms with Gasteiger partial charge in [-0.1, -0.05) is 72.3 Å². The van der Waals surface area contributed by atoms with Crippen LogP contribution in [0.3, 0.4) is 0 Å². The van der Waals surface area contributed by atoms with Gasteiger partial charge in [-0.3, -0.25) is 4.79 Å². The second-order valence-corrected chi connectivity index (χ2v) is 29.8. The zero-order chi connectivity index (χ0) is 68.0. The number of carboxylic acids is 1. The number of carbonyl (C=O) groups excluding carboxylic acids is 3. The molecule has 0 bridgehead atoms. The summed E-state index contributed by atoms with van der Waals surface area (Å²) in [7, 11) is 0. The van der Waals surface area contributed by atoms with Crippen LogP contribution in [0.25, 0.3) is 0 Å². The Kier molecular flexibility index (Phi) is 21.3. The Morgan fingerprint density at radius 1 is 0.609 bits per heavy atom. The summed E-state index contributed by atoms with van der Waals surface area (Å²) in [6.45, 7) is 22.2. The van der Waals surface area contributed by atoms with Crippen LogP contribution in [-0.4, -0.2) is 240 Å². The lowest BCUT2D eigenvalue weighted by Gasteiger charge is -2.73. The molecule has 26 nitrogen and oxygen atoms in total. The molecule has 0 aromatic carbocycles. The van der Waals surface area contributed by atoms with E-state index in [0.717, 1.165) is 5.57 Å². The third-order valence-electron chi connectivity index (χ3n) is 24.3. The van der Waals surface area contributed by atoms with E-state index < -0.39 is 223 Å². The van der Waals surface area contributed by atoms with Gasteiger partial charge >= 0.3 is 23.9 Å². The lowest BCUT2D eigenvalue weighted by atomic mass is 9.32. The molecule has 522 valence electrons. The van der Waals surface area contributed by atoms with Crippen molar-refractivity contribution in [2.75, 3.05) is 19.8 Å². The average molecular weight is 1310 g/mol. The quantitative estimate of drug-likeness (QED) is 0.0322. The molecule has 92 heavy (non-hydrogen) atoms. The van der Waals surface area contributed by atoms with Crippen LogP contribution in [0.1, 0.15) is 141 Å². The van der Waals surface area contributed by atoms with Crippen LogP contribution < -0.4 is 0 Å². The minimum absolute atomic E-state index is 0.0187. The lowest BCUT2D eigenvalue weighted by molar-refractivity contribution is -0.386. The van der Waals surface area contributed by atoms with Gasteiger partial charge < -0.3 is 109 Å². The number of carbonyl (C=O) groups is 4. The summed E-state index contributed by atoms with van der Waals surface area (Å²) in [6, 6.07) is 0. The van der Waals surface area contributed by atoms with Crippen molar-refractivity contribution in [1.82, 2.24) is 0 Å². The number of aliphatic carboxylic acids is 1. The number of carboxylic acid groups (broad SMARTS) is 1. The van der Waals surface area contributed by atoms with Crippen molar-refractivity contribution in [2.45, 2.75) is 276 Å². The monoisotopic (exact) mass is 1310 g/mol. The highest BCUT2D eigenvalue weighted by atomic mass is 16.8. The van der Waals surface area contributed by atoms with E-state index in [2.05, 4.69) is 26.8 Å². The molecule has 5 aliphatic carbocycles. The summed E-state index contributed by atoms with van der Waals surface area (Å²) in [4.78, 5) is 53.2. The van der Waals surface area contributed by atoms with Crippen LogP contribution in [0.15, 0.2) is 34.9 Å². The molecule has 12 N–H and O–H groups in total. The first-order valence-electron chi connectivity index (χ1n) is 32.6. The number of esters is 3. The zero-order valence-corrected chi connectivity index (χ0v) is 55.1. The van der Waals surface area contributed by atoms with Crippen LogP contribution >= 0.6 is 0 Å². The van der Waals surface area contributed by atoms with E-state index in [1.165, 1.54) is 6.92 Å². The second-order valence-electron chi connectivity index (χ2n) is 29.8. The standard InChI is InChI=1S/C66H102O26/c1-14-28(3)56(81)88-49-30(5)83-35(44(74)50(49)89-57(82)29(4)15-2)22-33-54(84-31(6)70)66(27-69)34(23-61(33,7)8)32-16-17-39-63(11)20-19-41(62(9,10)38(63)18-21-64(39,12)65(32,13)24-40(66)71)87-60-53(92-59-47(77)45(75)42(72)36(25-67)85-59)51(48(78)52(91-60)55(79)80)90-58-46(76)43(73)37(26-68)86-58/h14-16,30,33-54,58-60,67-69,71-78H,17-27H2,1-13H3,(H,79,80)/b28-14-,29-15-/t30?,33-,34?,35-,36?,37-,38?,39?,40+,41-,42-,43+,44?,45+,46?,47?,48-,49-,50+,51+,52?,53?,54-,58-,59-,60+,63-,64+,65+,66-/m0/s1. The molecule has 9 rings (SSSR count). The maximum atomic E-state index is 13.5. The van der Waals surface area contributed by atoms with Crippen molar-refractivity contribution in [3.05, 3.63) is 34.9 Å². The van der Waals surface area contributed by atoms with Crippen LogP contribution in [0.5, 0.6) is 0 Å². The maximum Gasteiger partial charge on any atom is 0.335 e. The van der Waals surface area contributed by atoms with Gasteiger partial charge in [0.25, 0.3) is 0 Å². The van der Waals surface area contributed by atoms with Gasteiger partial charge in [-0.2, -0.15) is 0 Å². The van der Waals surface area contributed by atoms with Crippen molar-refractivity contribution in [3.63, 3.8) is 0 Å². The fourth-order valence-corrected chi connectivity index (χ4v) is 18.6. The Labute approximate surface area is 537 Å². The van der Waals surface area contributed by atoms with E-state index >= 15 is 0 Å². The summed E-state index contributed by atoms with van der Waals surface area (Å²) in [6.07, 6.45) is -25.8. The zero-order valence-electron chi connectivity index (χ0n) is 55.1. The number of hydrogen-bond acceptors (Lipinski definition) is 25. The van der Waals surface area contributed by atoms with Crippen molar-refractivity contribution < 1.29 is 128 Å². The molecule has 4 aliphatic heterocycles. The van der Waals surface area contributed by atoms with E-state index in [1.807, 2.05) is 27.7 Å². The lowest BCUT2D eigenvalue weighted by Crippen LogP contribution is -2.71. The molecule has 0 aromatic heterocycles. The van der Waals surface area contributed by atoms with Gasteiger partial charge in [0.05, 0.1) is 49.7 Å². The smallest absolute Gasteiger partial charge is 0.335 e. The average Bonchev–Trinajstić information content (AvgIpc) is 0.736. The molecular weight excluding hydrogens is 1210 g/mol. The van der Waals surface area contributed by atoms with Gasteiger partial charge in [0.2, 0.25) is 0 Å². The molecule has 8 fully saturated rings. The Bertz CT molecular complexity index is 2790. The van der Waals surface area contributed by atoms with E-state index in [1.54, 1.807) is 46.8 Å².